The molecular weight excluding hydrogens is 340 g/mol. The average Bonchev–Trinajstić information content (AvgIpc) is 3.32. The molecule has 0 aromatic carbocycles. The molecule has 0 N–H and O–H groups in total. The van der Waals surface area contributed by atoms with Crippen molar-refractivity contribution < 1.29 is 14.3 Å². The lowest BCUT2D eigenvalue weighted by Crippen LogP contribution is -2.42. The van der Waals surface area contributed by atoms with Crippen LogP contribution in [0.2, 0.25) is 0 Å². The number of rotatable bonds is 6. The second-order valence-corrected chi connectivity index (χ2v) is 9.41. The standard InChI is InChI=1S/C22H36N2O3/c25-20(23-12-14-27-15-13-23)9-7-19-16-24(17-22(19)10-3-11-22)21(26)8-6-18-4-1-2-5-18/h18-19H,1-17H2. The smallest absolute Gasteiger partial charge is 0.222 e. The Morgan fingerprint density at radius 1 is 0.889 bits per heavy atom. The second kappa shape index (κ2) is 8.50. The quantitative estimate of drug-likeness (QED) is 0.715. The van der Waals surface area contributed by atoms with Crippen molar-refractivity contribution in [2.75, 3.05) is 39.4 Å². The number of hydrogen-bond acceptors (Lipinski definition) is 3. The second-order valence-electron chi connectivity index (χ2n) is 9.41. The Hall–Kier alpha value is -1.10. The minimum atomic E-state index is 0.277. The maximum absolute atomic E-state index is 12.8. The van der Waals surface area contributed by atoms with Crippen molar-refractivity contribution in [3.63, 3.8) is 0 Å². The molecule has 2 amide bonds. The summed E-state index contributed by atoms with van der Waals surface area (Å²) in [4.78, 5) is 29.4. The number of likely N-dealkylation sites (tertiary alicyclic amines) is 1. The van der Waals surface area contributed by atoms with Gasteiger partial charge >= 0.3 is 0 Å². The van der Waals surface area contributed by atoms with Crippen LogP contribution in [0.15, 0.2) is 0 Å². The fourth-order valence-electron chi connectivity index (χ4n) is 5.87. The third-order valence-corrected chi connectivity index (χ3v) is 7.83. The first-order chi connectivity index (χ1) is 13.2. The highest BCUT2D eigenvalue weighted by Crippen LogP contribution is 2.53. The normalized spacial score (nSPS) is 27.9. The molecule has 4 rings (SSSR count). The van der Waals surface area contributed by atoms with Crippen LogP contribution in [0.25, 0.3) is 0 Å². The summed E-state index contributed by atoms with van der Waals surface area (Å²) in [6.07, 6.45) is 12.5. The summed E-state index contributed by atoms with van der Waals surface area (Å²) in [5, 5.41) is 0. The molecule has 2 saturated heterocycles. The monoisotopic (exact) mass is 376 g/mol. The van der Waals surface area contributed by atoms with Crippen LogP contribution in [0.5, 0.6) is 0 Å². The van der Waals surface area contributed by atoms with Crippen molar-refractivity contribution >= 4 is 11.8 Å². The molecule has 27 heavy (non-hydrogen) atoms. The zero-order valence-electron chi connectivity index (χ0n) is 16.8. The molecule has 2 heterocycles. The van der Waals surface area contributed by atoms with Crippen LogP contribution in [0.3, 0.4) is 0 Å². The fourth-order valence-corrected chi connectivity index (χ4v) is 5.87. The van der Waals surface area contributed by atoms with Crippen molar-refractivity contribution in [2.45, 2.75) is 70.6 Å². The lowest BCUT2D eigenvalue weighted by atomic mass is 9.62. The summed E-state index contributed by atoms with van der Waals surface area (Å²) < 4.78 is 5.35. The van der Waals surface area contributed by atoms with Gasteiger partial charge in [0.1, 0.15) is 0 Å². The topological polar surface area (TPSA) is 49.9 Å². The predicted molar refractivity (Wildman–Crippen MR) is 104 cm³/mol. The Kier molecular flexibility index (Phi) is 6.05. The van der Waals surface area contributed by atoms with Gasteiger partial charge in [0.25, 0.3) is 0 Å². The van der Waals surface area contributed by atoms with E-state index in [4.69, 9.17) is 4.74 Å². The zero-order chi connectivity index (χ0) is 18.7. The van der Waals surface area contributed by atoms with Gasteiger partial charge in [-0.15, -0.1) is 0 Å². The van der Waals surface area contributed by atoms with Crippen LogP contribution in [0, 0.1) is 17.3 Å². The summed E-state index contributed by atoms with van der Waals surface area (Å²) in [6.45, 7) is 4.65. The predicted octanol–water partition coefficient (Wildman–Crippen LogP) is 3.22. The minimum absolute atomic E-state index is 0.277. The van der Waals surface area contributed by atoms with Crippen molar-refractivity contribution in [1.29, 1.82) is 0 Å². The number of amides is 2. The Morgan fingerprint density at radius 3 is 2.22 bits per heavy atom. The first kappa shape index (κ1) is 19.2. The van der Waals surface area contributed by atoms with Gasteiger partial charge < -0.3 is 14.5 Å². The van der Waals surface area contributed by atoms with Gasteiger partial charge in [-0.3, -0.25) is 9.59 Å². The molecule has 0 bridgehead atoms. The number of carbonyl (C=O) groups excluding carboxylic acids is 2. The van der Waals surface area contributed by atoms with Crippen LogP contribution in [-0.2, 0) is 14.3 Å². The molecule has 4 fully saturated rings. The van der Waals surface area contributed by atoms with Gasteiger partial charge in [-0.2, -0.15) is 0 Å². The van der Waals surface area contributed by atoms with E-state index < -0.39 is 0 Å². The SMILES string of the molecule is O=C(CCC1CN(C(=O)CCC2CCCC2)CC12CCC2)N1CCOCC1. The maximum atomic E-state index is 12.8. The molecule has 0 radical (unpaired) electrons. The van der Waals surface area contributed by atoms with Crippen molar-refractivity contribution in [1.82, 2.24) is 9.80 Å². The fraction of sp³-hybridized carbons (Fsp3) is 0.909. The van der Waals surface area contributed by atoms with Gasteiger partial charge in [0.15, 0.2) is 0 Å². The summed E-state index contributed by atoms with van der Waals surface area (Å²) in [6, 6.07) is 0. The van der Waals surface area contributed by atoms with Crippen LogP contribution in [0.4, 0.5) is 0 Å². The van der Waals surface area contributed by atoms with Crippen molar-refractivity contribution in [3.05, 3.63) is 0 Å². The Bertz CT molecular complexity index is 534. The minimum Gasteiger partial charge on any atom is -0.378 e. The number of morpholine rings is 1. The third kappa shape index (κ3) is 4.33. The number of carbonyl (C=O) groups is 2. The van der Waals surface area contributed by atoms with E-state index in [1.54, 1.807) is 0 Å². The highest BCUT2D eigenvalue weighted by atomic mass is 16.5. The molecule has 1 spiro atoms. The van der Waals surface area contributed by atoms with E-state index in [0.29, 0.717) is 36.9 Å². The van der Waals surface area contributed by atoms with E-state index in [0.717, 1.165) is 51.4 Å². The highest BCUT2D eigenvalue weighted by molar-refractivity contribution is 5.77. The lowest BCUT2D eigenvalue weighted by molar-refractivity contribution is -0.135. The van der Waals surface area contributed by atoms with Crippen molar-refractivity contribution in [3.8, 4) is 0 Å². The maximum Gasteiger partial charge on any atom is 0.222 e. The summed E-state index contributed by atoms with van der Waals surface area (Å²) >= 11 is 0. The molecule has 2 aliphatic heterocycles. The van der Waals surface area contributed by atoms with Crippen molar-refractivity contribution in [2.24, 2.45) is 17.3 Å². The lowest BCUT2D eigenvalue weighted by Gasteiger charge is -2.43. The molecule has 0 aromatic heterocycles. The largest absolute Gasteiger partial charge is 0.378 e. The van der Waals surface area contributed by atoms with Crippen LogP contribution in [0.1, 0.15) is 70.6 Å². The Morgan fingerprint density at radius 2 is 1.56 bits per heavy atom. The first-order valence-electron chi connectivity index (χ1n) is 11.3. The third-order valence-electron chi connectivity index (χ3n) is 7.83. The first-order valence-corrected chi connectivity index (χ1v) is 11.3. The van der Waals surface area contributed by atoms with Crippen LogP contribution in [-0.4, -0.2) is 61.0 Å². The molecule has 152 valence electrons. The molecule has 2 aliphatic carbocycles. The molecule has 5 heteroatoms. The van der Waals surface area contributed by atoms with E-state index >= 15 is 0 Å². The van der Waals surface area contributed by atoms with Gasteiger partial charge in [0.2, 0.25) is 11.8 Å². The van der Waals surface area contributed by atoms with Gasteiger partial charge in [-0.1, -0.05) is 32.1 Å². The molecule has 4 aliphatic rings. The molecule has 1 unspecified atom stereocenters. The Labute approximate surface area is 163 Å². The molecule has 2 saturated carbocycles. The van der Waals surface area contributed by atoms with E-state index in [9.17, 15) is 9.59 Å². The van der Waals surface area contributed by atoms with Gasteiger partial charge in [0.05, 0.1) is 13.2 Å². The summed E-state index contributed by atoms with van der Waals surface area (Å²) in [5.74, 6) is 1.96. The molecule has 0 aromatic rings. The van der Waals surface area contributed by atoms with E-state index in [-0.39, 0.29) is 5.91 Å². The van der Waals surface area contributed by atoms with E-state index in [2.05, 4.69) is 4.90 Å². The van der Waals surface area contributed by atoms with Gasteiger partial charge in [-0.05, 0) is 42.9 Å². The highest BCUT2D eigenvalue weighted by Gasteiger charge is 2.50. The molecule has 5 nitrogen and oxygen atoms in total. The summed E-state index contributed by atoms with van der Waals surface area (Å²) in [7, 11) is 0. The van der Waals surface area contributed by atoms with Gasteiger partial charge in [-0.25, -0.2) is 0 Å². The van der Waals surface area contributed by atoms with E-state index in [1.807, 2.05) is 4.90 Å². The number of ether oxygens (including phenoxy) is 1. The Balaban J connectivity index is 1.27. The van der Waals surface area contributed by atoms with E-state index in [1.165, 1.54) is 44.9 Å². The zero-order valence-corrected chi connectivity index (χ0v) is 16.8. The number of hydrogen-bond donors (Lipinski definition) is 0. The summed E-state index contributed by atoms with van der Waals surface area (Å²) in [5.41, 5.74) is 0.328. The van der Waals surface area contributed by atoms with Crippen LogP contribution >= 0.6 is 0 Å². The number of nitrogens with zero attached hydrogens (tertiary/aromatic N) is 2. The molecule has 1 atom stereocenters. The van der Waals surface area contributed by atoms with Crippen LogP contribution < -0.4 is 0 Å². The molecular formula is C22H36N2O3. The van der Waals surface area contributed by atoms with Gasteiger partial charge in [0, 0.05) is 39.0 Å². The average molecular weight is 377 g/mol.